The largest absolute Gasteiger partial charge is 0.478 e. The van der Waals surface area contributed by atoms with E-state index in [9.17, 15) is 38.8 Å². The quantitative estimate of drug-likeness (QED) is 0.0205. The smallest absolute Gasteiger partial charge is 0.336 e. The third kappa shape index (κ3) is 16.9. The third-order valence-electron chi connectivity index (χ3n) is 13.0. The molecule has 21 heteroatoms. The minimum absolute atomic E-state index is 0.00509. The average Bonchev–Trinajstić information content (AvgIpc) is 3.47. The number of carboxylic acids is 1. The zero-order valence-electron chi connectivity index (χ0n) is 42.8. The van der Waals surface area contributed by atoms with Crippen LogP contribution in [0.5, 0.6) is 0 Å². The number of nitrogens with one attached hydrogen (secondary N) is 3. The molecule has 5 aromatic rings. The summed E-state index contributed by atoms with van der Waals surface area (Å²) < 4.78 is 63.8. The SMILES string of the molecule is COP(=O)(O)C[C@H]1O[C@H](CO)[C@@H](OCc2ccccc2)[C@H](OCc2ccccc2)C1(CC(=O)NOC[C@H]1O[C@H](OCCNC(=O)c2ccccc2C(=O)O)C[C@@H](OCc2ccccc2)[C@@H]1OCc1ccccc1)NC(C)=O. The van der Waals surface area contributed by atoms with Gasteiger partial charge in [0.1, 0.15) is 42.7 Å². The Labute approximate surface area is 446 Å². The molecule has 2 unspecified atom stereocenters. The summed E-state index contributed by atoms with van der Waals surface area (Å²) in [5, 5.41) is 26.0. The summed E-state index contributed by atoms with van der Waals surface area (Å²) in [7, 11) is -3.45. The summed E-state index contributed by atoms with van der Waals surface area (Å²) >= 11 is 0. The molecule has 2 aliphatic heterocycles. The monoisotopic (exact) mass is 1080 g/mol. The summed E-state index contributed by atoms with van der Waals surface area (Å²) in [5.74, 6) is -3.34. The van der Waals surface area contributed by atoms with Crippen LogP contribution >= 0.6 is 7.60 Å². The van der Waals surface area contributed by atoms with Crippen LogP contribution in [0.2, 0.25) is 0 Å². The molecule has 0 saturated carbocycles. The second-order valence-electron chi connectivity index (χ2n) is 18.5. The van der Waals surface area contributed by atoms with Crippen molar-refractivity contribution in [3.05, 3.63) is 179 Å². The van der Waals surface area contributed by atoms with E-state index in [0.717, 1.165) is 23.8 Å². The summed E-state index contributed by atoms with van der Waals surface area (Å²) in [6, 6.07) is 43.0. The molecule has 3 amide bonds. The van der Waals surface area contributed by atoms with Gasteiger partial charge in [-0.2, -0.15) is 0 Å². The second kappa shape index (κ2) is 28.9. The standard InChI is InChI=1S/C56H66N3O17P/c1-38(61)58-56(48(37-77(66,67)68-2)75-46(31-60)52(72-34-41-21-11-5-12-22-41)53(56)73-35-42-23-13-6-14-24-42)30-49(62)59-74-36-47-51(71-33-40-19-9-4-10-20-40)45(70-32-39-17-7-3-8-18-39)29-50(76-47)69-28-27-57-54(63)43-25-15-16-26-44(43)55(64)65/h3-26,45-48,50-53,60H,27-37H2,1-2H3,(H,57,63)(H,58,61)(H,59,62)(H,64,65)(H,66,67)/t45-,46-,47-,48-,50+,51+,52-,53+,56?/m1/s1. The number of rotatable bonds is 28. The lowest BCUT2D eigenvalue weighted by Gasteiger charge is -2.54. The van der Waals surface area contributed by atoms with Crippen LogP contribution in [0.3, 0.4) is 0 Å². The lowest BCUT2D eigenvalue weighted by molar-refractivity contribution is -0.280. The van der Waals surface area contributed by atoms with Gasteiger partial charge in [0.05, 0.1) is 75.6 Å². The number of benzene rings is 5. The molecule has 6 N–H and O–H groups in total. The van der Waals surface area contributed by atoms with E-state index in [2.05, 4.69) is 16.1 Å². The highest BCUT2D eigenvalue weighted by atomic mass is 31.2. The van der Waals surface area contributed by atoms with Gasteiger partial charge in [0, 0.05) is 27.0 Å². The van der Waals surface area contributed by atoms with Gasteiger partial charge in [-0.05, 0) is 34.4 Å². The average molecular weight is 1080 g/mol. The Morgan fingerprint density at radius 3 is 1.73 bits per heavy atom. The Morgan fingerprint density at radius 1 is 0.675 bits per heavy atom. The van der Waals surface area contributed by atoms with Gasteiger partial charge in [-0.1, -0.05) is 133 Å². The fraction of sp³-hybridized carbons (Fsp3) is 0.393. The van der Waals surface area contributed by atoms with E-state index >= 15 is 0 Å². The van der Waals surface area contributed by atoms with Crippen molar-refractivity contribution < 1.29 is 81.4 Å². The van der Waals surface area contributed by atoms with Crippen molar-refractivity contribution in [3.63, 3.8) is 0 Å². The highest BCUT2D eigenvalue weighted by Gasteiger charge is 2.60. The highest BCUT2D eigenvalue weighted by Crippen LogP contribution is 2.48. The topological polar surface area (TPSA) is 265 Å². The van der Waals surface area contributed by atoms with Gasteiger partial charge >= 0.3 is 13.6 Å². The fourth-order valence-corrected chi connectivity index (χ4v) is 10.3. The first-order valence-corrected chi connectivity index (χ1v) is 26.9. The van der Waals surface area contributed by atoms with Crippen LogP contribution in [0.15, 0.2) is 146 Å². The molecule has 2 saturated heterocycles. The van der Waals surface area contributed by atoms with Crippen LogP contribution in [0, 0.1) is 0 Å². The van der Waals surface area contributed by atoms with Crippen LogP contribution < -0.4 is 16.1 Å². The normalized spacial score (nSPS) is 24.0. The Kier molecular flexibility index (Phi) is 22.0. The second-order valence-corrected chi connectivity index (χ2v) is 20.5. The van der Waals surface area contributed by atoms with Crippen LogP contribution in [-0.2, 0) is 83.1 Å². The Balaban J connectivity index is 1.15. The maximum absolute atomic E-state index is 14.6. The predicted molar refractivity (Wildman–Crippen MR) is 278 cm³/mol. The molecule has 20 nitrogen and oxygen atoms in total. The molecule has 0 spiro atoms. The molecule has 0 aromatic heterocycles. The number of hydrogen-bond acceptors (Lipinski definition) is 15. The first-order chi connectivity index (χ1) is 37.3. The minimum atomic E-state index is -4.49. The number of aromatic carboxylic acids is 1. The maximum atomic E-state index is 14.6. The van der Waals surface area contributed by atoms with Crippen LogP contribution in [0.1, 0.15) is 62.7 Å². The fourth-order valence-electron chi connectivity index (χ4n) is 9.30. The first-order valence-electron chi connectivity index (χ1n) is 25.1. The molecular formula is C56H66N3O17P. The van der Waals surface area contributed by atoms with E-state index in [1.807, 2.05) is 121 Å². The van der Waals surface area contributed by atoms with Gasteiger partial charge in [-0.3, -0.25) is 23.8 Å². The van der Waals surface area contributed by atoms with Gasteiger partial charge in [-0.15, -0.1) is 0 Å². The number of carbonyl (C=O) groups is 4. The molecule has 77 heavy (non-hydrogen) atoms. The molecule has 10 atom stereocenters. The van der Waals surface area contributed by atoms with E-state index in [-0.39, 0.29) is 63.7 Å². The number of hydroxylamine groups is 1. The van der Waals surface area contributed by atoms with Crippen LogP contribution in [-0.4, -0.2) is 133 Å². The van der Waals surface area contributed by atoms with Crippen LogP contribution in [0.4, 0.5) is 0 Å². The maximum Gasteiger partial charge on any atom is 0.336 e. The number of amides is 3. The molecule has 7 rings (SSSR count). The van der Waals surface area contributed by atoms with Crippen molar-refractivity contribution in [1.82, 2.24) is 16.1 Å². The summed E-state index contributed by atoms with van der Waals surface area (Å²) in [6.45, 7) is 0.389. The lowest BCUT2D eigenvalue weighted by atomic mass is 9.76. The molecule has 2 aliphatic rings. The predicted octanol–water partition coefficient (Wildman–Crippen LogP) is 5.49. The van der Waals surface area contributed by atoms with Gasteiger partial charge in [0.25, 0.3) is 5.91 Å². The molecule has 5 aromatic carbocycles. The Morgan fingerprint density at radius 2 is 1.19 bits per heavy atom. The molecule has 2 fully saturated rings. The van der Waals surface area contributed by atoms with Gasteiger partial charge < -0.3 is 63.4 Å². The molecule has 0 bridgehead atoms. The zero-order valence-corrected chi connectivity index (χ0v) is 43.7. The first kappa shape index (κ1) is 58.5. The number of carboxylic acid groups (broad SMARTS) is 1. The van der Waals surface area contributed by atoms with E-state index in [1.165, 1.54) is 25.1 Å². The van der Waals surface area contributed by atoms with E-state index in [0.29, 0.717) is 5.56 Å². The molecule has 0 radical (unpaired) electrons. The third-order valence-corrected chi connectivity index (χ3v) is 14.3. The van der Waals surface area contributed by atoms with Gasteiger partial charge in [-0.25, -0.2) is 10.3 Å². The van der Waals surface area contributed by atoms with E-state index in [1.54, 1.807) is 6.07 Å². The van der Waals surface area contributed by atoms with Crippen molar-refractivity contribution in [2.45, 2.75) is 101 Å². The minimum Gasteiger partial charge on any atom is -0.478 e. The number of hydrogen-bond donors (Lipinski definition) is 6. The van der Waals surface area contributed by atoms with Crippen molar-refractivity contribution >= 4 is 31.3 Å². The molecule has 412 valence electrons. The zero-order chi connectivity index (χ0) is 54.6. The number of aliphatic hydroxyl groups excluding tert-OH is 1. The van der Waals surface area contributed by atoms with Crippen molar-refractivity contribution in [2.24, 2.45) is 0 Å². The Hall–Kier alpha value is -6.23. The highest BCUT2D eigenvalue weighted by molar-refractivity contribution is 7.52. The van der Waals surface area contributed by atoms with Crippen molar-refractivity contribution in [3.8, 4) is 0 Å². The van der Waals surface area contributed by atoms with Gasteiger partial charge in [0.2, 0.25) is 11.8 Å². The van der Waals surface area contributed by atoms with E-state index in [4.69, 9.17) is 42.5 Å². The number of aliphatic hydroxyl groups is 1. The summed E-state index contributed by atoms with van der Waals surface area (Å²) in [4.78, 5) is 69.9. The van der Waals surface area contributed by atoms with Crippen molar-refractivity contribution in [1.29, 1.82) is 0 Å². The number of ether oxygens (including phenoxy) is 7. The van der Waals surface area contributed by atoms with Crippen LogP contribution in [0.25, 0.3) is 0 Å². The molecule has 2 heterocycles. The Bertz CT molecular complexity index is 2690. The molecule has 0 aliphatic carbocycles. The number of carbonyl (C=O) groups excluding carboxylic acids is 3. The van der Waals surface area contributed by atoms with E-state index < -0.39 is 105 Å². The summed E-state index contributed by atoms with van der Waals surface area (Å²) in [6.07, 6.45) is -9.93. The summed E-state index contributed by atoms with van der Waals surface area (Å²) in [5.41, 5.74) is 3.53. The molecular weight excluding hydrogens is 1020 g/mol. The lowest BCUT2D eigenvalue weighted by Crippen LogP contribution is -2.75. The van der Waals surface area contributed by atoms with Crippen molar-refractivity contribution in [2.75, 3.05) is 39.6 Å². The van der Waals surface area contributed by atoms with Gasteiger partial charge in [0.15, 0.2) is 6.29 Å².